The van der Waals surface area contributed by atoms with E-state index in [4.69, 9.17) is 11.6 Å². The van der Waals surface area contributed by atoms with Crippen LogP contribution in [0.3, 0.4) is 0 Å². The highest BCUT2D eigenvalue weighted by atomic mass is 35.5. The zero-order valence-corrected chi connectivity index (χ0v) is 13.3. The van der Waals surface area contributed by atoms with Gasteiger partial charge in [-0.2, -0.15) is 0 Å². The Hall–Kier alpha value is -0.940. The van der Waals surface area contributed by atoms with Crippen molar-refractivity contribution in [3.63, 3.8) is 0 Å². The van der Waals surface area contributed by atoms with Crippen molar-refractivity contribution in [3.8, 4) is 0 Å². The minimum atomic E-state index is -0.478. The maximum atomic E-state index is 10.2. The van der Waals surface area contributed by atoms with E-state index in [1.165, 1.54) is 0 Å². The predicted molar refractivity (Wildman–Crippen MR) is 84.2 cm³/mol. The summed E-state index contributed by atoms with van der Waals surface area (Å²) in [6, 6.07) is 7.40. The first-order valence-corrected chi connectivity index (χ1v) is 7.83. The predicted octanol–water partition coefficient (Wildman–Crippen LogP) is 3.66. The van der Waals surface area contributed by atoms with E-state index in [9.17, 15) is 5.11 Å². The van der Waals surface area contributed by atoms with Crippen molar-refractivity contribution in [3.05, 3.63) is 50.9 Å². The number of rotatable bonds is 6. The lowest BCUT2D eigenvalue weighted by molar-refractivity contribution is 0.147. The summed E-state index contributed by atoms with van der Waals surface area (Å²) >= 11 is 7.60. The van der Waals surface area contributed by atoms with Gasteiger partial charge < -0.3 is 10.0 Å². The van der Waals surface area contributed by atoms with Crippen LogP contribution in [0, 0.1) is 6.92 Å². The van der Waals surface area contributed by atoms with Crippen LogP contribution in [-0.4, -0.2) is 28.6 Å². The van der Waals surface area contributed by atoms with Crippen LogP contribution in [0.1, 0.15) is 28.8 Å². The highest BCUT2D eigenvalue weighted by Gasteiger charge is 2.10. The van der Waals surface area contributed by atoms with Gasteiger partial charge in [-0.05, 0) is 38.1 Å². The largest absolute Gasteiger partial charge is 0.388 e. The number of aliphatic hydroxyl groups excluding tert-OH is 1. The van der Waals surface area contributed by atoms with Gasteiger partial charge in [0.2, 0.25) is 0 Å². The number of thiazole rings is 1. The van der Waals surface area contributed by atoms with Crippen LogP contribution in [0.5, 0.6) is 0 Å². The molecule has 1 unspecified atom stereocenters. The zero-order valence-electron chi connectivity index (χ0n) is 11.7. The lowest BCUT2D eigenvalue weighted by Crippen LogP contribution is -2.21. The van der Waals surface area contributed by atoms with Crippen molar-refractivity contribution in [2.45, 2.75) is 26.0 Å². The topological polar surface area (TPSA) is 36.4 Å². The first-order chi connectivity index (χ1) is 9.54. The fourth-order valence-electron chi connectivity index (χ4n) is 2.06. The third-order valence-electron chi connectivity index (χ3n) is 3.12. The molecule has 5 heteroatoms. The molecular formula is C15H19ClN2OS. The van der Waals surface area contributed by atoms with E-state index in [2.05, 4.69) is 15.3 Å². The molecule has 3 nitrogen and oxygen atoms in total. The molecule has 1 aromatic carbocycles. The zero-order chi connectivity index (χ0) is 14.5. The van der Waals surface area contributed by atoms with Gasteiger partial charge in [0.05, 0.1) is 16.8 Å². The molecule has 0 fully saturated rings. The second kappa shape index (κ2) is 7.18. The first kappa shape index (κ1) is 15.4. The van der Waals surface area contributed by atoms with Crippen molar-refractivity contribution in [1.29, 1.82) is 0 Å². The SMILES string of the molecule is Cc1nc(CN(C)CCC(O)c2cccc(Cl)c2)cs1. The van der Waals surface area contributed by atoms with Gasteiger partial charge in [0.15, 0.2) is 0 Å². The summed E-state index contributed by atoms with van der Waals surface area (Å²) in [5.41, 5.74) is 1.96. The average molecular weight is 311 g/mol. The molecule has 108 valence electrons. The van der Waals surface area contributed by atoms with Gasteiger partial charge >= 0.3 is 0 Å². The Morgan fingerprint density at radius 1 is 1.45 bits per heavy atom. The Morgan fingerprint density at radius 3 is 2.90 bits per heavy atom. The van der Waals surface area contributed by atoms with Crippen molar-refractivity contribution >= 4 is 22.9 Å². The molecule has 0 radical (unpaired) electrons. The third-order valence-corrected chi connectivity index (χ3v) is 4.17. The maximum Gasteiger partial charge on any atom is 0.0897 e. The van der Waals surface area contributed by atoms with E-state index < -0.39 is 6.10 Å². The highest BCUT2D eigenvalue weighted by Crippen LogP contribution is 2.20. The summed E-state index contributed by atoms with van der Waals surface area (Å²) in [5, 5.41) is 14.0. The Morgan fingerprint density at radius 2 is 2.25 bits per heavy atom. The lowest BCUT2D eigenvalue weighted by atomic mass is 10.1. The van der Waals surface area contributed by atoms with Crippen LogP contribution in [-0.2, 0) is 6.54 Å². The summed E-state index contributed by atoms with van der Waals surface area (Å²) < 4.78 is 0. The maximum absolute atomic E-state index is 10.2. The second-order valence-electron chi connectivity index (χ2n) is 4.96. The number of aryl methyl sites for hydroxylation is 1. The molecule has 1 heterocycles. The molecule has 0 saturated carbocycles. The van der Waals surface area contributed by atoms with E-state index in [1.807, 2.05) is 38.2 Å². The number of halogens is 1. The van der Waals surface area contributed by atoms with E-state index in [0.717, 1.165) is 29.4 Å². The van der Waals surface area contributed by atoms with Crippen LogP contribution in [0.2, 0.25) is 5.02 Å². The first-order valence-electron chi connectivity index (χ1n) is 6.57. The molecule has 2 rings (SSSR count). The normalized spacial score (nSPS) is 12.8. The Balaban J connectivity index is 1.82. The molecule has 2 aromatic rings. The number of nitrogens with zero attached hydrogens (tertiary/aromatic N) is 2. The number of hydrogen-bond acceptors (Lipinski definition) is 4. The van der Waals surface area contributed by atoms with Gasteiger partial charge in [-0.3, -0.25) is 0 Å². The Bertz CT molecular complexity index is 558. The van der Waals surface area contributed by atoms with Crippen LogP contribution < -0.4 is 0 Å². The van der Waals surface area contributed by atoms with Crippen LogP contribution in [0.15, 0.2) is 29.6 Å². The molecule has 0 amide bonds. The van der Waals surface area contributed by atoms with Crippen molar-refractivity contribution in [2.24, 2.45) is 0 Å². The Kier molecular flexibility index (Phi) is 5.54. The van der Waals surface area contributed by atoms with E-state index in [-0.39, 0.29) is 0 Å². The fourth-order valence-corrected chi connectivity index (χ4v) is 2.86. The molecule has 0 spiro atoms. The smallest absolute Gasteiger partial charge is 0.0897 e. The van der Waals surface area contributed by atoms with Gasteiger partial charge in [0, 0.05) is 23.5 Å². The summed E-state index contributed by atoms with van der Waals surface area (Å²) in [7, 11) is 2.04. The van der Waals surface area contributed by atoms with Crippen molar-refractivity contribution in [1.82, 2.24) is 9.88 Å². The monoisotopic (exact) mass is 310 g/mol. The van der Waals surface area contributed by atoms with Crippen LogP contribution in [0.25, 0.3) is 0 Å². The summed E-state index contributed by atoms with van der Waals surface area (Å²) in [6.45, 7) is 3.63. The number of benzene rings is 1. The van der Waals surface area contributed by atoms with E-state index in [1.54, 1.807) is 11.3 Å². The van der Waals surface area contributed by atoms with E-state index >= 15 is 0 Å². The quantitative estimate of drug-likeness (QED) is 0.884. The van der Waals surface area contributed by atoms with Crippen molar-refractivity contribution < 1.29 is 5.11 Å². The second-order valence-corrected chi connectivity index (χ2v) is 6.45. The van der Waals surface area contributed by atoms with Gasteiger partial charge in [0.1, 0.15) is 0 Å². The number of aliphatic hydroxyl groups is 1. The molecule has 1 aromatic heterocycles. The standard InChI is InChI=1S/C15H19ClN2OS/c1-11-17-14(10-20-11)9-18(2)7-6-15(19)12-4-3-5-13(16)8-12/h3-5,8,10,15,19H,6-7,9H2,1-2H3. The minimum Gasteiger partial charge on any atom is -0.388 e. The summed E-state index contributed by atoms with van der Waals surface area (Å²) in [5.74, 6) is 0. The van der Waals surface area contributed by atoms with Crippen LogP contribution >= 0.6 is 22.9 Å². The molecule has 1 N–H and O–H groups in total. The third kappa shape index (κ3) is 4.56. The molecular weight excluding hydrogens is 292 g/mol. The molecule has 0 aliphatic rings. The van der Waals surface area contributed by atoms with Gasteiger partial charge in [-0.1, -0.05) is 23.7 Å². The molecule has 1 atom stereocenters. The average Bonchev–Trinajstić information content (AvgIpc) is 2.81. The van der Waals surface area contributed by atoms with Crippen LogP contribution in [0.4, 0.5) is 0 Å². The molecule has 20 heavy (non-hydrogen) atoms. The van der Waals surface area contributed by atoms with Gasteiger partial charge in [-0.25, -0.2) is 4.98 Å². The van der Waals surface area contributed by atoms with Crippen molar-refractivity contribution in [2.75, 3.05) is 13.6 Å². The highest BCUT2D eigenvalue weighted by molar-refractivity contribution is 7.09. The lowest BCUT2D eigenvalue weighted by Gasteiger charge is -2.18. The minimum absolute atomic E-state index is 0.478. The molecule has 0 saturated heterocycles. The molecule has 0 bridgehead atoms. The number of aromatic nitrogens is 1. The summed E-state index contributed by atoms with van der Waals surface area (Å²) in [4.78, 5) is 6.61. The molecule has 0 aliphatic heterocycles. The van der Waals surface area contributed by atoms with Gasteiger partial charge in [0.25, 0.3) is 0 Å². The fraction of sp³-hybridized carbons (Fsp3) is 0.400. The number of hydrogen-bond donors (Lipinski definition) is 1. The van der Waals surface area contributed by atoms with Gasteiger partial charge in [-0.15, -0.1) is 11.3 Å². The molecule has 0 aliphatic carbocycles. The van der Waals surface area contributed by atoms with E-state index in [0.29, 0.717) is 11.4 Å². The Labute approximate surface area is 128 Å². The summed E-state index contributed by atoms with van der Waals surface area (Å²) in [6.07, 6.45) is 0.202.